The van der Waals surface area contributed by atoms with Crippen LogP contribution in [0.4, 0.5) is 0 Å². The molecule has 0 spiro atoms. The van der Waals surface area contributed by atoms with E-state index < -0.39 is 5.60 Å². The van der Waals surface area contributed by atoms with E-state index in [1.165, 1.54) is 0 Å². The fraction of sp³-hybridized carbons (Fsp3) is 0.455. The van der Waals surface area contributed by atoms with Crippen molar-refractivity contribution in [2.75, 3.05) is 0 Å². The lowest BCUT2D eigenvalue weighted by molar-refractivity contribution is -0.129. The minimum absolute atomic E-state index is 0.0968. The highest BCUT2D eigenvalue weighted by Gasteiger charge is 2.40. The molecule has 0 radical (unpaired) electrons. The number of Topliss-reactive ketones (excluding diaryl/α,β-unsaturated/α-hetero) is 1. The topological polar surface area (TPSA) is 39.2 Å². The summed E-state index contributed by atoms with van der Waals surface area (Å²) in [7, 11) is 0. The Labute approximate surface area is 83.1 Å². The molecular formula is C11H13NO2. The summed E-state index contributed by atoms with van der Waals surface area (Å²) in [5.74, 6) is 0.166. The predicted octanol–water partition coefficient (Wildman–Crippen LogP) is 1.89. The number of carbonyl (C=O) groups excluding carboxylic acids is 1. The van der Waals surface area contributed by atoms with Crippen molar-refractivity contribution in [1.82, 2.24) is 4.98 Å². The smallest absolute Gasteiger partial charge is 0.167 e. The summed E-state index contributed by atoms with van der Waals surface area (Å²) in [6.45, 7) is 3.63. The highest BCUT2D eigenvalue weighted by molar-refractivity contribution is 5.88. The molecule has 0 N–H and O–H groups in total. The number of hydrogen-bond acceptors (Lipinski definition) is 3. The van der Waals surface area contributed by atoms with Crippen molar-refractivity contribution in [3.05, 3.63) is 30.1 Å². The molecule has 3 nitrogen and oxygen atoms in total. The Hall–Kier alpha value is -1.22. The van der Waals surface area contributed by atoms with Crippen LogP contribution in [0.2, 0.25) is 0 Å². The summed E-state index contributed by atoms with van der Waals surface area (Å²) in [4.78, 5) is 15.5. The van der Waals surface area contributed by atoms with E-state index in [0.29, 0.717) is 6.42 Å². The van der Waals surface area contributed by atoms with E-state index in [1.54, 1.807) is 12.4 Å². The first kappa shape index (κ1) is 9.34. The van der Waals surface area contributed by atoms with E-state index >= 15 is 0 Å². The van der Waals surface area contributed by atoms with E-state index in [9.17, 15) is 4.79 Å². The third kappa shape index (κ3) is 1.55. The van der Waals surface area contributed by atoms with E-state index in [-0.39, 0.29) is 11.9 Å². The van der Waals surface area contributed by atoms with E-state index in [4.69, 9.17) is 4.74 Å². The number of rotatable bonds is 1. The lowest BCUT2D eigenvalue weighted by atomic mass is 10.0. The molecule has 2 rings (SSSR count). The molecule has 1 atom stereocenters. The molecule has 3 heteroatoms. The first-order chi connectivity index (χ1) is 6.59. The van der Waals surface area contributed by atoms with Gasteiger partial charge in [-0.05, 0) is 31.5 Å². The summed E-state index contributed by atoms with van der Waals surface area (Å²) in [5.41, 5.74) is 0.396. The largest absolute Gasteiger partial charge is 0.359 e. The highest BCUT2D eigenvalue weighted by atomic mass is 16.5. The van der Waals surface area contributed by atoms with Gasteiger partial charge in [-0.25, -0.2) is 0 Å². The fourth-order valence-corrected chi connectivity index (χ4v) is 1.64. The molecule has 1 aliphatic heterocycles. The average molecular weight is 191 g/mol. The number of hydrogen-bond donors (Lipinski definition) is 0. The molecule has 0 aliphatic carbocycles. The van der Waals surface area contributed by atoms with E-state index in [2.05, 4.69) is 4.98 Å². The summed E-state index contributed by atoms with van der Waals surface area (Å²) in [6, 6.07) is 3.78. The zero-order valence-electron chi connectivity index (χ0n) is 8.36. The van der Waals surface area contributed by atoms with Gasteiger partial charge in [0, 0.05) is 18.8 Å². The summed E-state index contributed by atoms with van der Waals surface area (Å²) in [6.07, 6.45) is 3.81. The molecule has 1 unspecified atom stereocenters. The number of ether oxygens (including phenoxy) is 1. The van der Waals surface area contributed by atoms with Crippen LogP contribution in [0.5, 0.6) is 0 Å². The lowest BCUT2D eigenvalue weighted by Gasteiger charge is -2.17. The Kier molecular flexibility index (Phi) is 2.11. The number of carbonyl (C=O) groups is 1. The molecule has 0 bridgehead atoms. The monoisotopic (exact) mass is 191 g/mol. The average Bonchev–Trinajstić information content (AvgIpc) is 2.43. The van der Waals surface area contributed by atoms with Gasteiger partial charge in [-0.1, -0.05) is 0 Å². The molecule has 1 fully saturated rings. The van der Waals surface area contributed by atoms with Gasteiger partial charge in [0.15, 0.2) is 5.78 Å². The standard InChI is InChI=1S/C11H13NO2/c1-11(2)10(13)7-9(14-11)8-3-5-12-6-4-8/h3-6,9H,7H2,1-2H3. The van der Waals surface area contributed by atoms with Crippen LogP contribution < -0.4 is 0 Å². The third-order valence-corrected chi connectivity index (χ3v) is 2.56. The lowest BCUT2D eigenvalue weighted by Crippen LogP contribution is -2.26. The molecule has 0 saturated carbocycles. The summed E-state index contributed by atoms with van der Waals surface area (Å²) >= 11 is 0. The van der Waals surface area contributed by atoms with Gasteiger partial charge in [0.25, 0.3) is 0 Å². The first-order valence-corrected chi connectivity index (χ1v) is 4.70. The second-order valence-corrected chi connectivity index (χ2v) is 4.02. The quantitative estimate of drug-likeness (QED) is 0.680. The van der Waals surface area contributed by atoms with Gasteiger partial charge in [-0.2, -0.15) is 0 Å². The zero-order valence-corrected chi connectivity index (χ0v) is 8.36. The summed E-state index contributed by atoms with van der Waals surface area (Å²) < 4.78 is 5.67. The van der Waals surface area contributed by atoms with Gasteiger partial charge in [0.05, 0.1) is 6.10 Å². The van der Waals surface area contributed by atoms with Crippen molar-refractivity contribution in [2.45, 2.75) is 32.0 Å². The van der Waals surface area contributed by atoms with Crippen LogP contribution in [0, 0.1) is 0 Å². The maximum Gasteiger partial charge on any atom is 0.167 e. The van der Waals surface area contributed by atoms with Crippen LogP contribution in [0.3, 0.4) is 0 Å². The zero-order chi connectivity index (χ0) is 10.2. The molecule has 1 aromatic heterocycles. The minimum Gasteiger partial charge on any atom is -0.359 e. The minimum atomic E-state index is -0.631. The van der Waals surface area contributed by atoms with E-state index in [1.807, 2.05) is 26.0 Å². The molecule has 0 amide bonds. The van der Waals surface area contributed by atoms with Crippen molar-refractivity contribution in [3.63, 3.8) is 0 Å². The van der Waals surface area contributed by atoms with Crippen LogP contribution in [0.25, 0.3) is 0 Å². The molecule has 0 aromatic carbocycles. The van der Waals surface area contributed by atoms with Crippen molar-refractivity contribution in [3.8, 4) is 0 Å². The Morgan fingerprint density at radius 1 is 1.43 bits per heavy atom. The molecule has 74 valence electrons. The summed E-state index contributed by atoms with van der Waals surface area (Å²) in [5, 5.41) is 0. The van der Waals surface area contributed by atoms with Crippen LogP contribution in [-0.4, -0.2) is 16.4 Å². The van der Waals surface area contributed by atoms with Crippen LogP contribution in [0.15, 0.2) is 24.5 Å². The van der Waals surface area contributed by atoms with Crippen LogP contribution in [0.1, 0.15) is 31.9 Å². The number of aromatic nitrogens is 1. The third-order valence-electron chi connectivity index (χ3n) is 2.56. The molecule has 14 heavy (non-hydrogen) atoms. The number of pyridine rings is 1. The maximum atomic E-state index is 11.5. The van der Waals surface area contributed by atoms with Crippen molar-refractivity contribution in [2.24, 2.45) is 0 Å². The van der Waals surface area contributed by atoms with Crippen LogP contribution in [-0.2, 0) is 9.53 Å². The Balaban J connectivity index is 2.21. The fourth-order valence-electron chi connectivity index (χ4n) is 1.64. The predicted molar refractivity (Wildman–Crippen MR) is 51.8 cm³/mol. The molecule has 1 aromatic rings. The van der Waals surface area contributed by atoms with Gasteiger partial charge in [0.1, 0.15) is 5.60 Å². The van der Waals surface area contributed by atoms with Crippen molar-refractivity contribution < 1.29 is 9.53 Å². The molecule has 1 aliphatic rings. The van der Waals surface area contributed by atoms with E-state index in [0.717, 1.165) is 5.56 Å². The Bertz CT molecular complexity index is 346. The first-order valence-electron chi connectivity index (χ1n) is 4.70. The van der Waals surface area contributed by atoms with Gasteiger partial charge in [-0.3, -0.25) is 9.78 Å². The maximum absolute atomic E-state index is 11.5. The number of ketones is 1. The molecule has 2 heterocycles. The van der Waals surface area contributed by atoms with Crippen molar-refractivity contribution in [1.29, 1.82) is 0 Å². The van der Waals surface area contributed by atoms with Gasteiger partial charge in [-0.15, -0.1) is 0 Å². The normalized spacial score (nSPS) is 25.3. The molecular weight excluding hydrogens is 178 g/mol. The van der Waals surface area contributed by atoms with Gasteiger partial charge in [0.2, 0.25) is 0 Å². The Morgan fingerprint density at radius 2 is 2.07 bits per heavy atom. The van der Waals surface area contributed by atoms with Crippen LogP contribution >= 0.6 is 0 Å². The van der Waals surface area contributed by atoms with Gasteiger partial charge >= 0.3 is 0 Å². The highest BCUT2D eigenvalue weighted by Crippen LogP contribution is 2.35. The SMILES string of the molecule is CC1(C)OC(c2ccncc2)CC1=O. The number of nitrogens with zero attached hydrogens (tertiary/aromatic N) is 1. The van der Waals surface area contributed by atoms with Crippen molar-refractivity contribution >= 4 is 5.78 Å². The second kappa shape index (κ2) is 3.17. The Morgan fingerprint density at radius 3 is 2.57 bits per heavy atom. The molecule has 1 saturated heterocycles. The van der Waals surface area contributed by atoms with Gasteiger partial charge < -0.3 is 4.74 Å². The second-order valence-electron chi connectivity index (χ2n) is 4.02.